The molecule has 1 aromatic rings. The SMILES string of the molecule is COc1ccc(Cl)cc1CC1(N)CCCCC1C. The topological polar surface area (TPSA) is 35.2 Å². The second-order valence-electron chi connectivity index (χ2n) is 5.51. The highest BCUT2D eigenvalue weighted by Gasteiger charge is 2.34. The van der Waals surface area contributed by atoms with E-state index in [1.807, 2.05) is 18.2 Å². The van der Waals surface area contributed by atoms with Gasteiger partial charge in [0, 0.05) is 10.6 Å². The van der Waals surface area contributed by atoms with E-state index in [0.29, 0.717) is 5.92 Å². The zero-order valence-corrected chi connectivity index (χ0v) is 12.0. The minimum absolute atomic E-state index is 0.115. The molecule has 1 fully saturated rings. The molecule has 0 bridgehead atoms. The molecule has 2 unspecified atom stereocenters. The molecule has 1 aliphatic carbocycles. The number of nitrogens with two attached hydrogens (primary N) is 1. The van der Waals surface area contributed by atoms with Crippen LogP contribution >= 0.6 is 11.6 Å². The van der Waals surface area contributed by atoms with Gasteiger partial charge < -0.3 is 10.5 Å². The van der Waals surface area contributed by atoms with E-state index in [-0.39, 0.29) is 5.54 Å². The quantitative estimate of drug-likeness (QED) is 0.904. The normalized spacial score (nSPS) is 28.1. The van der Waals surface area contributed by atoms with E-state index in [1.54, 1.807) is 7.11 Å². The van der Waals surface area contributed by atoms with Crippen LogP contribution in [-0.4, -0.2) is 12.6 Å². The van der Waals surface area contributed by atoms with Gasteiger partial charge in [0.15, 0.2) is 0 Å². The Balaban J connectivity index is 2.24. The minimum Gasteiger partial charge on any atom is -0.496 e. The van der Waals surface area contributed by atoms with Crippen molar-refractivity contribution in [2.24, 2.45) is 11.7 Å². The lowest BCUT2D eigenvalue weighted by Gasteiger charge is -2.40. The van der Waals surface area contributed by atoms with Gasteiger partial charge in [-0.15, -0.1) is 0 Å². The number of ether oxygens (including phenoxy) is 1. The lowest BCUT2D eigenvalue weighted by molar-refractivity contribution is 0.202. The van der Waals surface area contributed by atoms with E-state index < -0.39 is 0 Å². The monoisotopic (exact) mass is 267 g/mol. The number of hydrogen-bond donors (Lipinski definition) is 1. The van der Waals surface area contributed by atoms with Crippen molar-refractivity contribution < 1.29 is 4.74 Å². The van der Waals surface area contributed by atoms with Crippen LogP contribution in [0.15, 0.2) is 18.2 Å². The third-order valence-corrected chi connectivity index (χ3v) is 4.51. The molecule has 2 atom stereocenters. The fourth-order valence-corrected chi connectivity index (χ4v) is 3.14. The van der Waals surface area contributed by atoms with Gasteiger partial charge in [0.25, 0.3) is 0 Å². The Labute approximate surface area is 114 Å². The summed E-state index contributed by atoms with van der Waals surface area (Å²) in [5.74, 6) is 1.44. The van der Waals surface area contributed by atoms with Crippen LogP contribution in [0.3, 0.4) is 0 Å². The van der Waals surface area contributed by atoms with Crippen LogP contribution in [0.2, 0.25) is 5.02 Å². The summed E-state index contributed by atoms with van der Waals surface area (Å²) in [5, 5.41) is 0.748. The molecule has 0 radical (unpaired) electrons. The number of halogens is 1. The van der Waals surface area contributed by atoms with Crippen LogP contribution in [0.5, 0.6) is 5.75 Å². The maximum Gasteiger partial charge on any atom is 0.122 e. The highest BCUT2D eigenvalue weighted by Crippen LogP contribution is 2.36. The van der Waals surface area contributed by atoms with Gasteiger partial charge in [0.2, 0.25) is 0 Å². The molecule has 1 aromatic carbocycles. The number of hydrogen-bond acceptors (Lipinski definition) is 2. The van der Waals surface area contributed by atoms with E-state index in [1.165, 1.54) is 19.3 Å². The van der Waals surface area contributed by atoms with E-state index in [4.69, 9.17) is 22.1 Å². The van der Waals surface area contributed by atoms with Gasteiger partial charge in [-0.05, 0) is 48.9 Å². The molecule has 3 heteroatoms. The summed E-state index contributed by atoms with van der Waals surface area (Å²) in [6.45, 7) is 2.26. The van der Waals surface area contributed by atoms with Crippen molar-refractivity contribution in [3.63, 3.8) is 0 Å². The molecule has 0 saturated heterocycles. The third kappa shape index (κ3) is 2.81. The molecule has 1 aliphatic rings. The molecule has 0 heterocycles. The standard InChI is InChI=1S/C15H22ClNO/c1-11-5-3-4-8-15(11,17)10-12-9-13(16)6-7-14(12)18-2/h6-7,9,11H,3-5,8,10,17H2,1-2H3. The van der Waals surface area contributed by atoms with Gasteiger partial charge in [-0.1, -0.05) is 31.4 Å². The minimum atomic E-state index is -0.115. The zero-order valence-electron chi connectivity index (χ0n) is 11.2. The first-order valence-electron chi connectivity index (χ1n) is 6.66. The average molecular weight is 268 g/mol. The molecule has 0 spiro atoms. The summed E-state index contributed by atoms with van der Waals surface area (Å²) in [7, 11) is 1.69. The Morgan fingerprint density at radius 3 is 2.89 bits per heavy atom. The summed E-state index contributed by atoms with van der Waals surface area (Å²) >= 11 is 6.08. The first-order chi connectivity index (χ1) is 8.55. The first-order valence-corrected chi connectivity index (χ1v) is 7.04. The lowest BCUT2D eigenvalue weighted by Crippen LogP contribution is -2.50. The summed E-state index contributed by atoms with van der Waals surface area (Å²) in [5.41, 5.74) is 7.62. The van der Waals surface area contributed by atoms with Crippen LogP contribution in [0.25, 0.3) is 0 Å². The van der Waals surface area contributed by atoms with Crippen LogP contribution in [0.1, 0.15) is 38.2 Å². The molecule has 1 saturated carbocycles. The summed E-state index contributed by atoms with van der Waals surface area (Å²) in [4.78, 5) is 0. The molecular formula is C15H22ClNO. The van der Waals surface area contributed by atoms with Crippen LogP contribution in [0.4, 0.5) is 0 Å². The molecule has 0 amide bonds. The number of benzene rings is 1. The molecule has 18 heavy (non-hydrogen) atoms. The van der Waals surface area contributed by atoms with Gasteiger partial charge in [0.1, 0.15) is 5.75 Å². The number of rotatable bonds is 3. The van der Waals surface area contributed by atoms with E-state index in [9.17, 15) is 0 Å². The van der Waals surface area contributed by atoms with Crippen molar-refractivity contribution in [1.29, 1.82) is 0 Å². The Hall–Kier alpha value is -0.730. The van der Waals surface area contributed by atoms with Crippen molar-refractivity contribution >= 4 is 11.6 Å². The molecule has 100 valence electrons. The van der Waals surface area contributed by atoms with Crippen molar-refractivity contribution in [2.45, 2.75) is 44.6 Å². The van der Waals surface area contributed by atoms with Crippen molar-refractivity contribution in [3.05, 3.63) is 28.8 Å². The predicted octanol–water partition coefficient (Wildman–Crippen LogP) is 3.80. The highest BCUT2D eigenvalue weighted by molar-refractivity contribution is 6.30. The summed E-state index contributed by atoms with van der Waals surface area (Å²) < 4.78 is 5.41. The average Bonchev–Trinajstić information content (AvgIpc) is 2.33. The molecular weight excluding hydrogens is 246 g/mol. The van der Waals surface area contributed by atoms with Gasteiger partial charge in [-0.2, -0.15) is 0 Å². The van der Waals surface area contributed by atoms with E-state index in [2.05, 4.69) is 6.92 Å². The van der Waals surface area contributed by atoms with Crippen molar-refractivity contribution in [2.75, 3.05) is 7.11 Å². The Morgan fingerprint density at radius 2 is 2.22 bits per heavy atom. The van der Waals surface area contributed by atoms with Gasteiger partial charge in [-0.25, -0.2) is 0 Å². The first kappa shape index (κ1) is 13.7. The molecule has 0 aliphatic heterocycles. The van der Waals surface area contributed by atoms with Crippen molar-refractivity contribution in [1.82, 2.24) is 0 Å². The second-order valence-corrected chi connectivity index (χ2v) is 5.95. The van der Waals surface area contributed by atoms with E-state index in [0.717, 1.165) is 29.2 Å². The largest absolute Gasteiger partial charge is 0.496 e. The zero-order chi connectivity index (χ0) is 13.2. The second kappa shape index (κ2) is 5.50. The Kier molecular flexibility index (Phi) is 4.18. The third-order valence-electron chi connectivity index (χ3n) is 4.27. The van der Waals surface area contributed by atoms with Crippen molar-refractivity contribution in [3.8, 4) is 5.75 Å². The maximum absolute atomic E-state index is 6.61. The Morgan fingerprint density at radius 1 is 1.44 bits per heavy atom. The molecule has 0 aromatic heterocycles. The van der Waals surface area contributed by atoms with Crippen LogP contribution < -0.4 is 10.5 Å². The summed E-state index contributed by atoms with van der Waals surface area (Å²) in [6, 6.07) is 5.77. The lowest BCUT2D eigenvalue weighted by atomic mass is 9.71. The van der Waals surface area contributed by atoms with Crippen LogP contribution in [-0.2, 0) is 6.42 Å². The molecule has 2 N–H and O–H groups in total. The van der Waals surface area contributed by atoms with Gasteiger partial charge in [-0.3, -0.25) is 0 Å². The highest BCUT2D eigenvalue weighted by atomic mass is 35.5. The fourth-order valence-electron chi connectivity index (χ4n) is 2.94. The molecule has 2 nitrogen and oxygen atoms in total. The van der Waals surface area contributed by atoms with E-state index >= 15 is 0 Å². The molecule has 2 rings (SSSR count). The predicted molar refractivity (Wildman–Crippen MR) is 76.3 cm³/mol. The summed E-state index contributed by atoms with van der Waals surface area (Å²) in [6.07, 6.45) is 5.68. The smallest absolute Gasteiger partial charge is 0.122 e. The van der Waals surface area contributed by atoms with Crippen LogP contribution in [0, 0.1) is 5.92 Å². The van der Waals surface area contributed by atoms with Gasteiger partial charge in [0.05, 0.1) is 7.11 Å². The maximum atomic E-state index is 6.61. The van der Waals surface area contributed by atoms with Gasteiger partial charge >= 0.3 is 0 Å². The fraction of sp³-hybridized carbons (Fsp3) is 0.600. The number of methoxy groups -OCH3 is 1. The Bertz CT molecular complexity index is 421.